The molecule has 1 unspecified atom stereocenters. The van der Waals surface area contributed by atoms with Crippen molar-refractivity contribution in [3.63, 3.8) is 0 Å². The first-order valence-electron chi connectivity index (χ1n) is 14.5. The first-order valence-corrected chi connectivity index (χ1v) is 15.7. The van der Waals surface area contributed by atoms with Gasteiger partial charge in [0, 0.05) is 29.5 Å². The van der Waals surface area contributed by atoms with Crippen LogP contribution in [-0.4, -0.2) is 59.8 Å². The first kappa shape index (κ1) is 36.1. The minimum Gasteiger partial charge on any atom is -0.542 e. The van der Waals surface area contributed by atoms with E-state index in [4.69, 9.17) is 32.0 Å². The van der Waals surface area contributed by atoms with Crippen molar-refractivity contribution in [1.29, 1.82) is 0 Å². The molecule has 1 aliphatic heterocycles. The van der Waals surface area contributed by atoms with Gasteiger partial charge < -0.3 is 30.2 Å². The van der Waals surface area contributed by atoms with Gasteiger partial charge in [-0.15, -0.1) is 11.3 Å². The van der Waals surface area contributed by atoms with Gasteiger partial charge in [-0.1, -0.05) is 18.0 Å². The Balaban J connectivity index is 0.000000707. The molecule has 4 rings (SSSR count). The zero-order chi connectivity index (χ0) is 33.6. The van der Waals surface area contributed by atoms with Crippen LogP contribution in [0.4, 0.5) is 28.7 Å². The second-order valence-electron chi connectivity index (χ2n) is 12.3. The summed E-state index contributed by atoms with van der Waals surface area (Å²) in [5.74, 6) is -3.01. The highest BCUT2D eigenvalue weighted by Crippen LogP contribution is 2.41. The summed E-state index contributed by atoms with van der Waals surface area (Å²) in [6.07, 6.45) is 0.420. The van der Waals surface area contributed by atoms with Crippen LogP contribution < -0.4 is 21.5 Å². The molecule has 0 bridgehead atoms. The number of fused-ring (bicyclic) bond motifs is 1. The maximum absolute atomic E-state index is 12.7. The van der Waals surface area contributed by atoms with Crippen molar-refractivity contribution in [3.05, 3.63) is 45.3 Å². The van der Waals surface area contributed by atoms with Gasteiger partial charge in [-0.3, -0.25) is 14.9 Å². The molecule has 2 aromatic rings. The Kier molecular flexibility index (Phi) is 11.9. The predicted octanol–water partition coefficient (Wildman–Crippen LogP) is 5.24. The van der Waals surface area contributed by atoms with Crippen LogP contribution in [0.5, 0.6) is 0 Å². The number of benzene rings is 1. The fourth-order valence-corrected chi connectivity index (χ4v) is 6.90. The average molecular weight is 675 g/mol. The number of carboxylic acids is 1. The molecular weight excluding hydrogens is 637 g/mol. The monoisotopic (exact) mass is 674 g/mol. The van der Waals surface area contributed by atoms with Gasteiger partial charge in [0.05, 0.1) is 36.5 Å². The number of rotatable bonds is 9. The molecule has 0 spiro atoms. The van der Waals surface area contributed by atoms with E-state index in [2.05, 4.69) is 10.6 Å². The molecule has 0 radical (unpaired) electrons. The number of aliphatic carboxylic acids is 1. The zero-order valence-electron chi connectivity index (χ0n) is 25.4. The number of thiophene rings is 1. The van der Waals surface area contributed by atoms with E-state index in [-0.39, 0.29) is 5.97 Å². The highest BCUT2D eigenvalue weighted by atomic mass is 35.5. The highest BCUT2D eigenvalue weighted by molar-refractivity contribution is 7.17. The second kappa shape index (κ2) is 14.8. The van der Waals surface area contributed by atoms with E-state index in [1.165, 1.54) is 30.6 Å². The summed E-state index contributed by atoms with van der Waals surface area (Å²) in [4.78, 5) is 47.4. The van der Waals surface area contributed by atoms with Gasteiger partial charge in [0.1, 0.15) is 23.1 Å². The molecule has 1 aromatic carbocycles. The summed E-state index contributed by atoms with van der Waals surface area (Å²) < 4.78 is 37.9. The molecule has 1 saturated carbocycles. The van der Waals surface area contributed by atoms with Gasteiger partial charge in [-0.05, 0) is 63.4 Å². The topological polar surface area (TPSA) is 151 Å². The maximum atomic E-state index is 12.7. The van der Waals surface area contributed by atoms with Gasteiger partial charge in [0.2, 0.25) is 0 Å². The fourth-order valence-electron chi connectivity index (χ4n) is 5.40. The number of carbonyl (C=O) groups is 4. The molecule has 1 aromatic heterocycles. The number of amides is 3. The van der Waals surface area contributed by atoms with Crippen LogP contribution in [0.15, 0.2) is 24.3 Å². The number of carbonyl (C=O) groups excluding carboxylic acids is 4. The average Bonchev–Trinajstić information content (AvgIpc) is 3.23. The number of esters is 1. The van der Waals surface area contributed by atoms with E-state index in [0.717, 1.165) is 47.5 Å². The molecule has 3 amide bonds. The van der Waals surface area contributed by atoms with Crippen LogP contribution in [0, 0.1) is 5.92 Å². The molecule has 4 N–H and O–H groups in total. The SMILES string of the molecule is CC(C)(C)OC(=O)CCC[N+]1(CC2CCC2)CCc2c(sc(NC(=O)Nc3ccc(Cl)cc3)c2C(N)=O)C1.O=C([O-])C(F)(F)F. The standard InChI is InChI=1S/C28H37ClN4O4S.C2HF3O2/c1-28(2,3)37-23(34)8-5-14-33(16-18-6-4-7-18)15-13-21-22(17-33)38-26(24(21)25(30)35)32-27(36)31-20-11-9-19(29)10-12-20;3-2(4,5)1(6)7/h9-12,18H,4-8,13-17H2,1-3H3,(H3-,30,31,32,35,36);(H,6,7). The van der Waals surface area contributed by atoms with Crippen LogP contribution in [-0.2, 0) is 27.3 Å². The first-order chi connectivity index (χ1) is 20.9. The molecule has 1 atom stereocenters. The Labute approximate surface area is 268 Å². The summed E-state index contributed by atoms with van der Waals surface area (Å²) in [5.41, 5.74) is 7.26. The second-order valence-corrected chi connectivity index (χ2v) is 13.9. The van der Waals surface area contributed by atoms with Crippen molar-refractivity contribution in [1.82, 2.24) is 0 Å². The summed E-state index contributed by atoms with van der Waals surface area (Å²) in [5, 5.41) is 15.5. The number of ether oxygens (including phenoxy) is 1. The Morgan fingerprint density at radius 1 is 1.11 bits per heavy atom. The van der Waals surface area contributed by atoms with E-state index in [9.17, 15) is 27.6 Å². The number of nitrogens with zero attached hydrogens (tertiary/aromatic N) is 1. The van der Waals surface area contributed by atoms with Crippen LogP contribution in [0.25, 0.3) is 0 Å². The lowest BCUT2D eigenvalue weighted by atomic mass is 9.83. The lowest BCUT2D eigenvalue weighted by molar-refractivity contribution is -0.946. The number of quaternary nitrogens is 1. The molecule has 10 nitrogen and oxygen atoms in total. The van der Waals surface area contributed by atoms with Crippen molar-refractivity contribution in [2.45, 2.75) is 77.6 Å². The Hall–Kier alpha value is -3.36. The lowest BCUT2D eigenvalue weighted by Crippen LogP contribution is -2.54. The summed E-state index contributed by atoms with van der Waals surface area (Å²) in [6, 6.07) is 6.36. The van der Waals surface area contributed by atoms with Crippen LogP contribution in [0.2, 0.25) is 5.02 Å². The number of hydrogen-bond donors (Lipinski definition) is 3. The number of alkyl halides is 3. The van der Waals surface area contributed by atoms with Gasteiger partial charge in [-0.25, -0.2) is 4.79 Å². The third kappa shape index (κ3) is 10.9. The molecule has 0 saturated heterocycles. The Morgan fingerprint density at radius 2 is 1.73 bits per heavy atom. The zero-order valence-corrected chi connectivity index (χ0v) is 26.9. The lowest BCUT2D eigenvalue weighted by Gasteiger charge is -2.45. The Morgan fingerprint density at radius 3 is 2.24 bits per heavy atom. The number of nitrogens with one attached hydrogen (secondary N) is 2. The van der Waals surface area contributed by atoms with Gasteiger partial charge >= 0.3 is 18.2 Å². The summed E-state index contributed by atoms with van der Waals surface area (Å²) in [6.45, 7) is 9.25. The van der Waals surface area contributed by atoms with Gasteiger partial charge in [0.15, 0.2) is 0 Å². The minimum atomic E-state index is -5.19. The van der Waals surface area contributed by atoms with Crippen molar-refractivity contribution in [3.8, 4) is 0 Å². The van der Waals surface area contributed by atoms with E-state index in [1.807, 2.05) is 20.8 Å². The largest absolute Gasteiger partial charge is 0.542 e. The molecule has 1 fully saturated rings. The molecule has 15 heteroatoms. The fraction of sp³-hybridized carbons (Fsp3) is 0.533. The van der Waals surface area contributed by atoms with E-state index in [1.54, 1.807) is 24.3 Å². The quantitative estimate of drug-likeness (QED) is 0.245. The molecular formula is C30H38ClF3N4O6S. The minimum absolute atomic E-state index is 0.165. The molecule has 45 heavy (non-hydrogen) atoms. The third-order valence-electron chi connectivity index (χ3n) is 7.52. The van der Waals surface area contributed by atoms with E-state index < -0.39 is 29.7 Å². The number of halogens is 4. The Bertz CT molecular complexity index is 1390. The van der Waals surface area contributed by atoms with Gasteiger partial charge in [0.25, 0.3) is 5.91 Å². The number of primary amides is 1. The number of nitrogens with two attached hydrogens (primary N) is 1. The smallest absolute Gasteiger partial charge is 0.430 e. The third-order valence-corrected chi connectivity index (χ3v) is 8.90. The van der Waals surface area contributed by atoms with Crippen LogP contribution >= 0.6 is 22.9 Å². The molecule has 2 heterocycles. The van der Waals surface area contributed by atoms with Crippen molar-refractivity contribution in [2.75, 3.05) is 30.3 Å². The molecule has 2 aliphatic rings. The number of anilines is 2. The predicted molar refractivity (Wildman–Crippen MR) is 163 cm³/mol. The number of hydrogen-bond acceptors (Lipinski definition) is 7. The van der Waals surface area contributed by atoms with Crippen LogP contribution in [0.3, 0.4) is 0 Å². The molecule has 248 valence electrons. The van der Waals surface area contributed by atoms with E-state index >= 15 is 0 Å². The molecule has 1 aliphatic carbocycles. The van der Waals surface area contributed by atoms with Gasteiger partial charge in [-0.2, -0.15) is 13.2 Å². The van der Waals surface area contributed by atoms with E-state index in [0.29, 0.717) is 40.0 Å². The van der Waals surface area contributed by atoms with Crippen LogP contribution in [0.1, 0.15) is 73.7 Å². The maximum Gasteiger partial charge on any atom is 0.430 e. The summed E-state index contributed by atoms with van der Waals surface area (Å²) in [7, 11) is 0. The summed E-state index contributed by atoms with van der Waals surface area (Å²) >= 11 is 7.36. The highest BCUT2D eigenvalue weighted by Gasteiger charge is 2.40. The number of carboxylic acid groups (broad SMARTS) is 1. The van der Waals surface area contributed by atoms with Crippen molar-refractivity contribution < 1.29 is 46.7 Å². The normalized spacial score (nSPS) is 18.0. The van der Waals surface area contributed by atoms with Crippen molar-refractivity contribution >= 4 is 57.5 Å². The number of urea groups is 1. The van der Waals surface area contributed by atoms with Crippen molar-refractivity contribution in [2.24, 2.45) is 11.7 Å².